The van der Waals surface area contributed by atoms with E-state index in [-0.39, 0.29) is 28.0 Å². The summed E-state index contributed by atoms with van der Waals surface area (Å²) in [7, 11) is 1.53. The van der Waals surface area contributed by atoms with Crippen molar-refractivity contribution in [2.24, 2.45) is 0 Å². The van der Waals surface area contributed by atoms with Crippen LogP contribution in [0.4, 0.5) is 4.39 Å². The van der Waals surface area contributed by atoms with Gasteiger partial charge in [0.1, 0.15) is 5.82 Å². The summed E-state index contributed by atoms with van der Waals surface area (Å²) in [6.07, 6.45) is 0. The molecule has 0 atom stereocenters. The predicted molar refractivity (Wildman–Crippen MR) is 74.2 cm³/mol. The molecule has 0 fully saturated rings. The molecule has 104 valence electrons. The number of carbonyl (C=O) groups is 1. The quantitative estimate of drug-likeness (QED) is 0.874. The van der Waals surface area contributed by atoms with Crippen molar-refractivity contribution >= 4 is 29.1 Å². The number of amides is 1. The Bertz CT molecular complexity index is 614. The fraction of sp³-hybridized carbons (Fsp3) is 0.154. The standard InChI is InChI=1S/C13H10Cl2FN3O/c1-19(7-8-9(14)3-2-4-10(8)16)13(20)11-5-6-12(15)18-17-11/h2-6H,7H2,1H3. The van der Waals surface area contributed by atoms with Gasteiger partial charge in [-0.25, -0.2) is 4.39 Å². The number of halogens is 3. The number of hydrogen-bond donors (Lipinski definition) is 0. The Labute approximate surface area is 125 Å². The lowest BCUT2D eigenvalue weighted by Crippen LogP contribution is -2.27. The molecule has 2 rings (SSSR count). The van der Waals surface area contributed by atoms with Gasteiger partial charge in [-0.15, -0.1) is 10.2 Å². The number of hydrogen-bond acceptors (Lipinski definition) is 3. The first kappa shape index (κ1) is 14.7. The van der Waals surface area contributed by atoms with E-state index in [0.29, 0.717) is 0 Å². The van der Waals surface area contributed by atoms with Crippen LogP contribution >= 0.6 is 23.2 Å². The van der Waals surface area contributed by atoms with Crippen LogP contribution in [0.1, 0.15) is 16.1 Å². The molecular formula is C13H10Cl2FN3O. The van der Waals surface area contributed by atoms with Crippen LogP contribution in [0.15, 0.2) is 30.3 Å². The smallest absolute Gasteiger partial charge is 0.274 e. The summed E-state index contributed by atoms with van der Waals surface area (Å²) < 4.78 is 13.7. The molecule has 0 N–H and O–H groups in total. The van der Waals surface area contributed by atoms with Gasteiger partial charge in [-0.1, -0.05) is 29.3 Å². The lowest BCUT2D eigenvalue weighted by atomic mass is 10.2. The lowest BCUT2D eigenvalue weighted by molar-refractivity contribution is 0.0777. The van der Waals surface area contributed by atoms with E-state index in [1.165, 1.54) is 36.2 Å². The normalized spacial score (nSPS) is 10.4. The highest BCUT2D eigenvalue weighted by molar-refractivity contribution is 6.31. The van der Waals surface area contributed by atoms with Gasteiger partial charge in [-0.05, 0) is 24.3 Å². The summed E-state index contributed by atoms with van der Waals surface area (Å²) in [4.78, 5) is 13.4. The van der Waals surface area contributed by atoms with Crippen LogP contribution in [0.2, 0.25) is 10.2 Å². The van der Waals surface area contributed by atoms with E-state index in [4.69, 9.17) is 23.2 Å². The molecule has 0 saturated heterocycles. The molecule has 4 nitrogen and oxygen atoms in total. The van der Waals surface area contributed by atoms with Crippen molar-refractivity contribution in [2.45, 2.75) is 6.54 Å². The van der Waals surface area contributed by atoms with Gasteiger partial charge >= 0.3 is 0 Å². The number of rotatable bonds is 3. The number of carbonyl (C=O) groups excluding carboxylic acids is 1. The summed E-state index contributed by atoms with van der Waals surface area (Å²) in [6.45, 7) is 0.0364. The SMILES string of the molecule is CN(Cc1c(F)cccc1Cl)C(=O)c1ccc(Cl)nn1. The van der Waals surface area contributed by atoms with Gasteiger partial charge in [-0.3, -0.25) is 4.79 Å². The van der Waals surface area contributed by atoms with E-state index in [9.17, 15) is 9.18 Å². The van der Waals surface area contributed by atoms with E-state index >= 15 is 0 Å². The van der Waals surface area contributed by atoms with Crippen molar-refractivity contribution in [2.75, 3.05) is 7.05 Å². The minimum absolute atomic E-state index is 0.0364. The summed E-state index contributed by atoms with van der Waals surface area (Å²) in [5, 5.41) is 7.74. The number of aromatic nitrogens is 2. The van der Waals surface area contributed by atoms with Crippen LogP contribution in [-0.4, -0.2) is 28.1 Å². The van der Waals surface area contributed by atoms with Crippen LogP contribution in [0.5, 0.6) is 0 Å². The van der Waals surface area contributed by atoms with Gasteiger partial charge in [0.25, 0.3) is 5.91 Å². The molecule has 7 heteroatoms. The second-order valence-corrected chi connectivity index (χ2v) is 4.90. The fourth-order valence-electron chi connectivity index (χ4n) is 1.62. The Hall–Kier alpha value is -1.72. The Balaban J connectivity index is 2.17. The van der Waals surface area contributed by atoms with Crippen molar-refractivity contribution in [1.82, 2.24) is 15.1 Å². The molecule has 0 aliphatic rings. The molecule has 0 unspecified atom stereocenters. The monoisotopic (exact) mass is 313 g/mol. The second-order valence-electron chi connectivity index (χ2n) is 4.10. The van der Waals surface area contributed by atoms with Crippen LogP contribution in [0.25, 0.3) is 0 Å². The third kappa shape index (κ3) is 3.23. The van der Waals surface area contributed by atoms with Crippen LogP contribution in [0, 0.1) is 5.82 Å². The average molecular weight is 314 g/mol. The van der Waals surface area contributed by atoms with Gasteiger partial charge in [-0.2, -0.15) is 0 Å². The fourth-order valence-corrected chi connectivity index (χ4v) is 1.94. The first-order valence-corrected chi connectivity index (χ1v) is 6.42. The van der Waals surface area contributed by atoms with E-state index in [1.54, 1.807) is 6.07 Å². The molecular weight excluding hydrogens is 304 g/mol. The van der Waals surface area contributed by atoms with Crippen LogP contribution < -0.4 is 0 Å². The Kier molecular flexibility index (Phi) is 4.52. The molecule has 1 aromatic carbocycles. The van der Waals surface area contributed by atoms with Crippen LogP contribution in [0.3, 0.4) is 0 Å². The first-order valence-electron chi connectivity index (χ1n) is 5.66. The maximum absolute atomic E-state index is 13.7. The van der Waals surface area contributed by atoms with E-state index in [2.05, 4.69) is 10.2 Å². The van der Waals surface area contributed by atoms with Crippen molar-refractivity contribution in [3.63, 3.8) is 0 Å². The molecule has 0 bridgehead atoms. The Morgan fingerprint density at radius 3 is 2.60 bits per heavy atom. The highest BCUT2D eigenvalue weighted by atomic mass is 35.5. The molecule has 0 radical (unpaired) electrons. The maximum Gasteiger partial charge on any atom is 0.274 e. The Morgan fingerprint density at radius 1 is 1.25 bits per heavy atom. The predicted octanol–water partition coefficient (Wildman–Crippen LogP) is 3.19. The molecule has 2 aromatic rings. The summed E-state index contributed by atoms with van der Waals surface area (Å²) in [6, 6.07) is 7.29. The highest BCUT2D eigenvalue weighted by Crippen LogP contribution is 2.20. The Morgan fingerprint density at radius 2 is 2.00 bits per heavy atom. The molecule has 1 aromatic heterocycles. The molecule has 0 spiro atoms. The van der Waals surface area contributed by atoms with Crippen molar-refractivity contribution in [3.05, 3.63) is 57.6 Å². The maximum atomic E-state index is 13.7. The summed E-state index contributed by atoms with van der Waals surface area (Å²) >= 11 is 11.5. The summed E-state index contributed by atoms with van der Waals surface area (Å²) in [5.41, 5.74) is 0.385. The third-order valence-corrected chi connectivity index (χ3v) is 3.21. The first-order chi connectivity index (χ1) is 9.49. The zero-order valence-electron chi connectivity index (χ0n) is 10.5. The van der Waals surface area contributed by atoms with Gasteiger partial charge in [0, 0.05) is 17.6 Å². The van der Waals surface area contributed by atoms with Gasteiger partial charge in [0.05, 0.1) is 6.54 Å². The average Bonchev–Trinajstić information content (AvgIpc) is 2.43. The van der Waals surface area contributed by atoms with Gasteiger partial charge < -0.3 is 4.90 Å². The second kappa shape index (κ2) is 6.15. The van der Waals surface area contributed by atoms with E-state index in [0.717, 1.165) is 0 Å². The van der Waals surface area contributed by atoms with E-state index in [1.807, 2.05) is 0 Å². The number of benzene rings is 1. The minimum Gasteiger partial charge on any atom is -0.336 e. The molecule has 20 heavy (non-hydrogen) atoms. The molecule has 0 aliphatic heterocycles. The van der Waals surface area contributed by atoms with Crippen molar-refractivity contribution in [1.29, 1.82) is 0 Å². The molecule has 1 amide bonds. The van der Waals surface area contributed by atoms with Gasteiger partial charge in [0.15, 0.2) is 10.8 Å². The molecule has 0 saturated carbocycles. The highest BCUT2D eigenvalue weighted by Gasteiger charge is 2.17. The van der Waals surface area contributed by atoms with Crippen molar-refractivity contribution < 1.29 is 9.18 Å². The van der Waals surface area contributed by atoms with E-state index < -0.39 is 11.7 Å². The topological polar surface area (TPSA) is 46.1 Å². The molecule has 1 heterocycles. The molecule has 0 aliphatic carbocycles. The summed E-state index contributed by atoms with van der Waals surface area (Å²) in [5.74, 6) is -0.854. The van der Waals surface area contributed by atoms with Gasteiger partial charge in [0.2, 0.25) is 0 Å². The zero-order valence-corrected chi connectivity index (χ0v) is 12.0. The largest absolute Gasteiger partial charge is 0.336 e. The third-order valence-electron chi connectivity index (χ3n) is 2.65. The zero-order chi connectivity index (χ0) is 14.7. The number of nitrogens with zero attached hydrogens (tertiary/aromatic N) is 3. The van der Waals surface area contributed by atoms with Crippen LogP contribution in [-0.2, 0) is 6.54 Å². The minimum atomic E-state index is -0.459. The van der Waals surface area contributed by atoms with Crippen molar-refractivity contribution in [3.8, 4) is 0 Å². The lowest BCUT2D eigenvalue weighted by Gasteiger charge is -2.17.